The second kappa shape index (κ2) is 16.8. The normalized spacial score (nSPS) is 11.3. The van der Waals surface area contributed by atoms with Crippen molar-refractivity contribution in [2.45, 2.75) is 0 Å². The average Bonchev–Trinajstić information content (AvgIpc) is 3.75. The molecule has 0 unspecified atom stereocenters. The first-order chi connectivity index (χ1) is 32.7. The molecule has 0 aliphatic heterocycles. The number of hydrogen-bond donors (Lipinski definition) is 0. The fourth-order valence-electron chi connectivity index (χ4n) is 9.76. The van der Waals surface area contributed by atoms with Gasteiger partial charge in [-0.05, 0) is 121 Å². The van der Waals surface area contributed by atoms with Crippen LogP contribution in [-0.2, 0) is 0 Å². The van der Waals surface area contributed by atoms with Gasteiger partial charge >= 0.3 is 0 Å². The highest BCUT2D eigenvalue weighted by Gasteiger charge is 2.18. The van der Waals surface area contributed by atoms with Crippen molar-refractivity contribution in [1.82, 2.24) is 4.40 Å². The van der Waals surface area contributed by atoms with Crippen LogP contribution < -0.4 is 4.90 Å². The van der Waals surface area contributed by atoms with Gasteiger partial charge in [-0.3, -0.25) is 0 Å². The average molecular weight is 841 g/mol. The third-order valence-corrected chi connectivity index (χ3v) is 13.0. The first-order valence-corrected chi connectivity index (χ1v) is 22.7. The number of para-hydroxylation sites is 1. The van der Waals surface area contributed by atoms with Crippen LogP contribution >= 0.6 is 0 Å². The van der Waals surface area contributed by atoms with Crippen molar-refractivity contribution < 1.29 is 0 Å². The number of hydrogen-bond acceptors (Lipinski definition) is 1. The molecule has 2 heteroatoms. The molecule has 310 valence electrons. The molecule has 12 aromatic rings. The minimum Gasteiger partial charge on any atom is -0.315 e. The van der Waals surface area contributed by atoms with Crippen molar-refractivity contribution in [3.63, 3.8) is 0 Å². The number of fused-ring (bicyclic) bond motifs is 5. The topological polar surface area (TPSA) is 7.65 Å². The fourth-order valence-corrected chi connectivity index (χ4v) is 9.76. The number of rotatable bonds is 9. The molecule has 0 N–H and O–H groups in total. The minimum absolute atomic E-state index is 1.09. The first-order valence-electron chi connectivity index (χ1n) is 22.7. The lowest BCUT2D eigenvalue weighted by atomic mass is 9.94. The molecule has 0 bridgehead atoms. The zero-order chi connectivity index (χ0) is 43.8. The zero-order valence-corrected chi connectivity index (χ0v) is 36.3. The number of aromatic nitrogens is 1. The smallest absolute Gasteiger partial charge is 0.0619 e. The Morgan fingerprint density at radius 1 is 0.273 bits per heavy atom. The Labute approximate surface area is 385 Å². The van der Waals surface area contributed by atoms with Gasteiger partial charge in [0.1, 0.15) is 0 Å². The summed E-state index contributed by atoms with van der Waals surface area (Å²) in [5, 5.41) is 3.74. The van der Waals surface area contributed by atoms with E-state index in [-0.39, 0.29) is 0 Å². The van der Waals surface area contributed by atoms with Gasteiger partial charge in [0.2, 0.25) is 0 Å². The van der Waals surface area contributed by atoms with Gasteiger partial charge in [-0.1, -0.05) is 206 Å². The Bertz CT molecular complexity index is 3630. The van der Waals surface area contributed by atoms with E-state index < -0.39 is 0 Å². The molecule has 0 saturated carbocycles. The van der Waals surface area contributed by atoms with Crippen molar-refractivity contribution in [2.75, 3.05) is 4.90 Å². The first kappa shape index (κ1) is 38.9. The third kappa shape index (κ3) is 7.12. The Hall–Kier alpha value is -8.72. The second-order valence-corrected chi connectivity index (χ2v) is 16.9. The maximum atomic E-state index is 2.35. The van der Waals surface area contributed by atoms with Crippen LogP contribution in [0.3, 0.4) is 0 Å². The van der Waals surface area contributed by atoms with Crippen molar-refractivity contribution in [3.05, 3.63) is 267 Å². The van der Waals surface area contributed by atoms with Crippen LogP contribution in [0, 0.1) is 0 Å². The lowest BCUT2D eigenvalue weighted by Gasteiger charge is -2.26. The van der Waals surface area contributed by atoms with Gasteiger partial charge in [0.05, 0.1) is 11.0 Å². The summed E-state index contributed by atoms with van der Waals surface area (Å²) >= 11 is 0. The molecule has 2 aromatic heterocycles. The molecule has 10 aromatic carbocycles. The number of pyridine rings is 1. The largest absolute Gasteiger partial charge is 0.315 e. The summed E-state index contributed by atoms with van der Waals surface area (Å²) in [6.45, 7) is 0. The van der Waals surface area contributed by atoms with Gasteiger partial charge in [0, 0.05) is 39.6 Å². The predicted octanol–water partition coefficient (Wildman–Crippen LogP) is 17.7. The lowest BCUT2D eigenvalue weighted by Crippen LogP contribution is -2.09. The third-order valence-electron chi connectivity index (χ3n) is 13.0. The maximum absolute atomic E-state index is 2.35. The van der Waals surface area contributed by atoms with Crippen molar-refractivity contribution in [3.8, 4) is 66.8 Å². The molecule has 12 rings (SSSR count). The monoisotopic (exact) mass is 840 g/mol. The van der Waals surface area contributed by atoms with Gasteiger partial charge in [0.25, 0.3) is 0 Å². The molecular formula is C64H44N2. The SMILES string of the molecule is c1ccc(-c2ccc(N(c3ccc(-c4ccc(-c5ccc6c(ccn7c8ccccc8c(-c8ccccc8)c67)c5)cc4)cc3)c3ccc(-c4ccccc4-c4ccccc4)cc3)cc2)cc1. The van der Waals surface area contributed by atoms with E-state index in [9.17, 15) is 0 Å². The summed E-state index contributed by atoms with van der Waals surface area (Å²) in [6, 6.07) is 94.4. The van der Waals surface area contributed by atoms with Gasteiger partial charge in [-0.2, -0.15) is 0 Å². The lowest BCUT2D eigenvalue weighted by molar-refractivity contribution is 1.27. The van der Waals surface area contributed by atoms with Gasteiger partial charge in [-0.25, -0.2) is 0 Å². The number of nitrogens with zero attached hydrogens (tertiary/aromatic N) is 2. The highest BCUT2D eigenvalue weighted by molar-refractivity contribution is 6.15. The van der Waals surface area contributed by atoms with E-state index in [1.165, 1.54) is 94.0 Å². The van der Waals surface area contributed by atoms with Gasteiger partial charge < -0.3 is 9.30 Å². The summed E-state index contributed by atoms with van der Waals surface area (Å²) < 4.78 is 2.35. The molecule has 2 nitrogen and oxygen atoms in total. The van der Waals surface area contributed by atoms with Crippen LogP contribution in [0.4, 0.5) is 17.1 Å². The van der Waals surface area contributed by atoms with Crippen molar-refractivity contribution >= 4 is 44.3 Å². The van der Waals surface area contributed by atoms with E-state index in [1.807, 2.05) is 0 Å². The molecule has 0 amide bonds. The molecule has 0 fully saturated rings. The standard InChI is InChI=1S/C64H44N2/c1-4-14-45(15-5-1)47-28-35-55(36-29-47)66(57-39-32-51(33-40-57)59-21-11-10-20-58(59)50-16-6-2-7-17-50)56-37-30-48(31-38-56)46-24-26-49(27-25-46)53-34-41-60-54(44-53)42-43-65-62-23-13-12-22-61(62)63(64(60)65)52-18-8-3-9-19-52/h1-44H. The molecule has 66 heavy (non-hydrogen) atoms. The number of anilines is 3. The van der Waals surface area contributed by atoms with Gasteiger partial charge in [-0.15, -0.1) is 0 Å². The minimum atomic E-state index is 1.09. The second-order valence-electron chi connectivity index (χ2n) is 16.9. The van der Waals surface area contributed by atoms with E-state index in [0.717, 1.165) is 17.1 Å². The Morgan fingerprint density at radius 2 is 0.667 bits per heavy atom. The molecule has 2 heterocycles. The summed E-state index contributed by atoms with van der Waals surface area (Å²) in [5.74, 6) is 0. The Morgan fingerprint density at radius 3 is 1.23 bits per heavy atom. The van der Waals surface area contributed by atoms with E-state index in [1.54, 1.807) is 0 Å². The summed E-state index contributed by atoms with van der Waals surface area (Å²) in [4.78, 5) is 2.35. The zero-order valence-electron chi connectivity index (χ0n) is 36.3. The molecule has 0 saturated heterocycles. The van der Waals surface area contributed by atoms with E-state index in [0.29, 0.717) is 0 Å². The molecule has 0 aliphatic rings. The van der Waals surface area contributed by atoms with Crippen LogP contribution in [-0.4, -0.2) is 4.40 Å². The van der Waals surface area contributed by atoms with E-state index in [4.69, 9.17) is 0 Å². The van der Waals surface area contributed by atoms with Crippen LogP contribution in [0.25, 0.3) is 94.0 Å². The fraction of sp³-hybridized carbons (Fsp3) is 0. The van der Waals surface area contributed by atoms with Crippen molar-refractivity contribution in [1.29, 1.82) is 0 Å². The maximum Gasteiger partial charge on any atom is 0.0619 e. The van der Waals surface area contributed by atoms with Crippen molar-refractivity contribution in [2.24, 2.45) is 0 Å². The van der Waals surface area contributed by atoms with Gasteiger partial charge in [0.15, 0.2) is 0 Å². The van der Waals surface area contributed by atoms with Crippen LogP contribution in [0.5, 0.6) is 0 Å². The Kier molecular flexibility index (Phi) is 9.89. The van der Waals surface area contributed by atoms with Crippen LogP contribution in [0.1, 0.15) is 0 Å². The molecule has 0 spiro atoms. The molecular weight excluding hydrogens is 797 g/mol. The summed E-state index contributed by atoms with van der Waals surface area (Å²) in [7, 11) is 0. The molecule has 0 atom stereocenters. The Balaban J connectivity index is 0.858. The highest BCUT2D eigenvalue weighted by atomic mass is 15.1. The molecule has 0 radical (unpaired) electrons. The summed E-state index contributed by atoms with van der Waals surface area (Å²) in [6.07, 6.45) is 2.23. The number of benzene rings is 10. The van der Waals surface area contributed by atoms with E-state index >= 15 is 0 Å². The summed E-state index contributed by atoms with van der Waals surface area (Å²) in [5.41, 5.74) is 20.3. The van der Waals surface area contributed by atoms with Crippen LogP contribution in [0.15, 0.2) is 267 Å². The predicted molar refractivity (Wildman–Crippen MR) is 280 cm³/mol. The van der Waals surface area contributed by atoms with E-state index in [2.05, 4.69) is 276 Å². The molecule has 0 aliphatic carbocycles. The highest BCUT2D eigenvalue weighted by Crippen LogP contribution is 2.42. The quantitative estimate of drug-likeness (QED) is 0.140. The van der Waals surface area contributed by atoms with Crippen LogP contribution in [0.2, 0.25) is 0 Å².